The molecule has 0 saturated heterocycles. The van der Waals surface area contributed by atoms with Crippen molar-refractivity contribution in [3.8, 4) is 0 Å². The topological polar surface area (TPSA) is 69.6 Å². The molecule has 1 rings (SSSR count). The fraction of sp³-hybridized carbons (Fsp3) is 0.538. The molecular formula is C13H20N2O3S. The van der Waals surface area contributed by atoms with Crippen LogP contribution in [-0.4, -0.2) is 48.1 Å². The van der Waals surface area contributed by atoms with Crippen molar-refractivity contribution in [3.05, 3.63) is 21.9 Å². The maximum atomic E-state index is 11.8. The Morgan fingerprint density at radius 3 is 2.58 bits per heavy atom. The van der Waals surface area contributed by atoms with Crippen LogP contribution in [0.3, 0.4) is 0 Å². The lowest BCUT2D eigenvalue weighted by atomic mass is 10.2. The lowest BCUT2D eigenvalue weighted by molar-refractivity contribution is 0.0702. The van der Waals surface area contributed by atoms with Crippen molar-refractivity contribution >= 4 is 23.2 Å². The van der Waals surface area contributed by atoms with E-state index in [9.17, 15) is 9.59 Å². The van der Waals surface area contributed by atoms with E-state index >= 15 is 0 Å². The highest BCUT2D eigenvalue weighted by atomic mass is 32.1. The molecule has 1 aromatic rings. The molecule has 0 aliphatic heterocycles. The zero-order chi connectivity index (χ0) is 14.4. The van der Waals surface area contributed by atoms with E-state index in [2.05, 4.69) is 24.1 Å². The number of hydrogen-bond donors (Lipinski definition) is 2. The summed E-state index contributed by atoms with van der Waals surface area (Å²) in [6.45, 7) is 5.59. The number of carboxylic acids is 1. The lowest BCUT2D eigenvalue weighted by Crippen LogP contribution is -2.36. The first kappa shape index (κ1) is 15.7. The van der Waals surface area contributed by atoms with Crippen LogP contribution in [0, 0.1) is 0 Å². The SMILES string of the molecule is CCC(C)N(C)CCNC(=O)c1ccc(C(=O)O)s1. The maximum absolute atomic E-state index is 11.8. The number of thiophene rings is 1. The number of nitrogens with one attached hydrogen (secondary N) is 1. The van der Waals surface area contributed by atoms with Crippen molar-refractivity contribution in [2.24, 2.45) is 0 Å². The van der Waals surface area contributed by atoms with Crippen molar-refractivity contribution < 1.29 is 14.7 Å². The first-order chi connectivity index (χ1) is 8.95. The Morgan fingerprint density at radius 2 is 2.05 bits per heavy atom. The number of carbonyl (C=O) groups is 2. The Balaban J connectivity index is 2.41. The highest BCUT2D eigenvalue weighted by molar-refractivity contribution is 7.15. The molecule has 0 fully saturated rings. The second-order valence-corrected chi connectivity index (χ2v) is 5.55. The Morgan fingerprint density at radius 1 is 1.42 bits per heavy atom. The second kappa shape index (κ2) is 7.25. The summed E-state index contributed by atoms with van der Waals surface area (Å²) in [5.41, 5.74) is 0. The van der Waals surface area contributed by atoms with Gasteiger partial charge in [-0.2, -0.15) is 0 Å². The number of amides is 1. The molecule has 106 valence electrons. The molecule has 2 N–H and O–H groups in total. The van der Waals surface area contributed by atoms with E-state index in [1.54, 1.807) is 6.07 Å². The van der Waals surface area contributed by atoms with E-state index in [0.717, 1.165) is 24.3 Å². The summed E-state index contributed by atoms with van der Waals surface area (Å²) in [7, 11) is 2.02. The summed E-state index contributed by atoms with van der Waals surface area (Å²) in [6, 6.07) is 3.48. The second-order valence-electron chi connectivity index (χ2n) is 4.46. The highest BCUT2D eigenvalue weighted by Gasteiger charge is 2.13. The van der Waals surface area contributed by atoms with Crippen LogP contribution in [0.2, 0.25) is 0 Å². The molecule has 5 nitrogen and oxygen atoms in total. The van der Waals surface area contributed by atoms with E-state index in [0.29, 0.717) is 17.5 Å². The van der Waals surface area contributed by atoms with Gasteiger partial charge in [0.2, 0.25) is 0 Å². The van der Waals surface area contributed by atoms with Gasteiger partial charge >= 0.3 is 5.97 Å². The van der Waals surface area contributed by atoms with Gasteiger partial charge in [-0.25, -0.2) is 4.79 Å². The third-order valence-electron chi connectivity index (χ3n) is 3.13. The monoisotopic (exact) mass is 284 g/mol. The molecule has 0 bridgehead atoms. The largest absolute Gasteiger partial charge is 0.477 e. The van der Waals surface area contributed by atoms with E-state index in [1.165, 1.54) is 6.07 Å². The molecule has 6 heteroatoms. The summed E-state index contributed by atoms with van der Waals surface area (Å²) in [5.74, 6) is -1.21. The minimum atomic E-state index is -0.999. The van der Waals surface area contributed by atoms with Crippen molar-refractivity contribution in [3.63, 3.8) is 0 Å². The van der Waals surface area contributed by atoms with Crippen LogP contribution in [0.5, 0.6) is 0 Å². The summed E-state index contributed by atoms with van der Waals surface area (Å²) in [6.07, 6.45) is 1.07. The maximum Gasteiger partial charge on any atom is 0.345 e. The van der Waals surface area contributed by atoms with Crippen molar-refractivity contribution in [2.45, 2.75) is 26.3 Å². The standard InChI is InChI=1S/C13H20N2O3S/c1-4-9(2)15(3)8-7-14-12(16)10-5-6-11(19-10)13(17)18/h5-6,9H,4,7-8H2,1-3H3,(H,14,16)(H,17,18). The minimum Gasteiger partial charge on any atom is -0.477 e. The molecule has 1 unspecified atom stereocenters. The number of rotatable bonds is 7. The van der Waals surface area contributed by atoms with Gasteiger partial charge < -0.3 is 15.3 Å². The molecule has 0 saturated carbocycles. The first-order valence-corrected chi connectivity index (χ1v) is 7.09. The molecule has 0 aromatic carbocycles. The van der Waals surface area contributed by atoms with Gasteiger partial charge in [0.1, 0.15) is 4.88 Å². The van der Waals surface area contributed by atoms with Crippen molar-refractivity contribution in [2.75, 3.05) is 20.1 Å². The normalized spacial score (nSPS) is 12.4. The van der Waals surface area contributed by atoms with Gasteiger partial charge in [0.05, 0.1) is 4.88 Å². The zero-order valence-corrected chi connectivity index (χ0v) is 12.3. The van der Waals surface area contributed by atoms with Crippen molar-refractivity contribution in [1.82, 2.24) is 10.2 Å². The summed E-state index contributed by atoms with van der Waals surface area (Å²) in [4.78, 5) is 25.3. The van der Waals surface area contributed by atoms with Crippen LogP contribution in [0.1, 0.15) is 39.6 Å². The fourth-order valence-corrected chi connectivity index (χ4v) is 2.30. The average molecular weight is 284 g/mol. The van der Waals surface area contributed by atoms with E-state index in [4.69, 9.17) is 5.11 Å². The van der Waals surface area contributed by atoms with Crippen LogP contribution < -0.4 is 5.32 Å². The number of hydrogen-bond acceptors (Lipinski definition) is 4. The molecule has 0 aliphatic rings. The number of aromatic carboxylic acids is 1. The van der Waals surface area contributed by atoms with Crippen LogP contribution in [0.4, 0.5) is 0 Å². The number of carbonyl (C=O) groups excluding carboxylic acids is 1. The van der Waals surface area contributed by atoms with Gasteiger partial charge in [0, 0.05) is 19.1 Å². The average Bonchev–Trinajstić information content (AvgIpc) is 2.87. The Hall–Kier alpha value is -1.40. The number of nitrogens with zero attached hydrogens (tertiary/aromatic N) is 1. The smallest absolute Gasteiger partial charge is 0.345 e. The molecule has 1 amide bonds. The van der Waals surface area contributed by atoms with Gasteiger partial charge in [-0.05, 0) is 32.5 Å². The number of carboxylic acid groups (broad SMARTS) is 1. The third-order valence-corrected chi connectivity index (χ3v) is 4.21. The van der Waals surface area contributed by atoms with E-state index in [-0.39, 0.29) is 10.8 Å². The molecule has 0 spiro atoms. The molecule has 1 heterocycles. The minimum absolute atomic E-state index is 0.182. The van der Waals surface area contributed by atoms with Gasteiger partial charge in [-0.1, -0.05) is 6.92 Å². The fourth-order valence-electron chi connectivity index (χ4n) is 1.54. The lowest BCUT2D eigenvalue weighted by Gasteiger charge is -2.23. The zero-order valence-electron chi connectivity index (χ0n) is 11.5. The van der Waals surface area contributed by atoms with Crippen LogP contribution in [0.15, 0.2) is 12.1 Å². The summed E-state index contributed by atoms with van der Waals surface area (Å²) >= 11 is 0.994. The molecule has 0 radical (unpaired) electrons. The Labute approximate surface area is 117 Å². The van der Waals surface area contributed by atoms with Crippen LogP contribution in [-0.2, 0) is 0 Å². The molecular weight excluding hydrogens is 264 g/mol. The van der Waals surface area contributed by atoms with Crippen LogP contribution >= 0.6 is 11.3 Å². The quantitative estimate of drug-likeness (QED) is 0.802. The summed E-state index contributed by atoms with van der Waals surface area (Å²) in [5, 5.41) is 11.6. The third kappa shape index (κ3) is 4.65. The van der Waals surface area contributed by atoms with Gasteiger partial charge in [0.25, 0.3) is 5.91 Å². The van der Waals surface area contributed by atoms with Gasteiger partial charge in [-0.3, -0.25) is 4.79 Å². The predicted octanol–water partition coefficient (Wildman–Crippen LogP) is 1.91. The Bertz CT molecular complexity index is 445. The molecule has 1 aromatic heterocycles. The summed E-state index contributed by atoms with van der Waals surface area (Å²) < 4.78 is 0. The van der Waals surface area contributed by atoms with Gasteiger partial charge in [0.15, 0.2) is 0 Å². The molecule has 0 aliphatic carbocycles. The highest BCUT2D eigenvalue weighted by Crippen LogP contribution is 2.16. The Kier molecular flexibility index (Phi) is 5.98. The molecule has 19 heavy (non-hydrogen) atoms. The van der Waals surface area contributed by atoms with Crippen LogP contribution in [0.25, 0.3) is 0 Å². The van der Waals surface area contributed by atoms with Crippen molar-refractivity contribution in [1.29, 1.82) is 0 Å². The first-order valence-electron chi connectivity index (χ1n) is 6.27. The number of likely N-dealkylation sites (N-methyl/N-ethyl adjacent to an activating group) is 1. The van der Waals surface area contributed by atoms with E-state index < -0.39 is 5.97 Å². The van der Waals surface area contributed by atoms with E-state index in [1.807, 2.05) is 7.05 Å². The molecule has 1 atom stereocenters. The predicted molar refractivity (Wildman–Crippen MR) is 76.0 cm³/mol. The van der Waals surface area contributed by atoms with Gasteiger partial charge in [-0.15, -0.1) is 11.3 Å².